The molecule has 0 fully saturated rings. The summed E-state index contributed by atoms with van der Waals surface area (Å²) in [6.45, 7) is 4.00. The zero-order chi connectivity index (χ0) is 17.4. The molecule has 126 valence electrons. The van der Waals surface area contributed by atoms with Gasteiger partial charge >= 0.3 is 0 Å². The predicted octanol–water partition coefficient (Wildman–Crippen LogP) is 3.85. The molecule has 3 heterocycles. The highest BCUT2D eigenvalue weighted by atomic mass is 32.2. The summed E-state index contributed by atoms with van der Waals surface area (Å²) >= 11 is 3.07. The molecule has 1 aromatic carbocycles. The van der Waals surface area contributed by atoms with Crippen LogP contribution < -0.4 is 5.56 Å². The zero-order valence-corrected chi connectivity index (χ0v) is 15.5. The van der Waals surface area contributed by atoms with Crippen LogP contribution in [0.5, 0.6) is 0 Å². The molecular formula is C18H16N4OS2. The predicted molar refractivity (Wildman–Crippen MR) is 102 cm³/mol. The SMILES string of the molecule is Cc1ccccc1-n1ccnc1SCc1cc(=O)n2c(C)csc2n1. The lowest BCUT2D eigenvalue weighted by Crippen LogP contribution is -2.14. The topological polar surface area (TPSA) is 52.2 Å². The number of aromatic nitrogens is 4. The van der Waals surface area contributed by atoms with Crippen molar-refractivity contribution in [2.45, 2.75) is 24.8 Å². The summed E-state index contributed by atoms with van der Waals surface area (Å²) in [6.07, 6.45) is 3.75. The van der Waals surface area contributed by atoms with E-state index in [1.54, 1.807) is 28.4 Å². The number of thiazole rings is 1. The maximum absolute atomic E-state index is 12.3. The molecule has 25 heavy (non-hydrogen) atoms. The first-order valence-corrected chi connectivity index (χ1v) is 9.69. The van der Waals surface area contributed by atoms with E-state index in [1.807, 2.05) is 30.6 Å². The Morgan fingerprint density at radius 1 is 1.24 bits per heavy atom. The largest absolute Gasteiger partial charge is 0.295 e. The molecule has 0 unspecified atom stereocenters. The van der Waals surface area contributed by atoms with Crippen LogP contribution in [-0.2, 0) is 5.75 Å². The molecule has 0 saturated carbocycles. The Labute approximate surface area is 153 Å². The van der Waals surface area contributed by atoms with Crippen molar-refractivity contribution < 1.29 is 0 Å². The number of thioether (sulfide) groups is 1. The third-order valence-corrected chi connectivity index (χ3v) is 5.90. The highest BCUT2D eigenvalue weighted by Crippen LogP contribution is 2.25. The van der Waals surface area contributed by atoms with Gasteiger partial charge in [0.05, 0.1) is 11.4 Å². The number of hydrogen-bond donors (Lipinski definition) is 0. The molecule has 0 aliphatic carbocycles. The van der Waals surface area contributed by atoms with Gasteiger partial charge in [-0.15, -0.1) is 11.3 Å². The van der Waals surface area contributed by atoms with Gasteiger partial charge in [-0.25, -0.2) is 9.97 Å². The Kier molecular flexibility index (Phi) is 4.19. The van der Waals surface area contributed by atoms with Gasteiger partial charge in [0, 0.05) is 35.3 Å². The molecule has 7 heteroatoms. The van der Waals surface area contributed by atoms with Crippen molar-refractivity contribution in [1.82, 2.24) is 18.9 Å². The second kappa shape index (κ2) is 6.50. The number of fused-ring (bicyclic) bond motifs is 1. The van der Waals surface area contributed by atoms with E-state index >= 15 is 0 Å². The maximum Gasteiger partial charge on any atom is 0.258 e. The molecule has 0 aliphatic heterocycles. The van der Waals surface area contributed by atoms with Gasteiger partial charge in [0.25, 0.3) is 5.56 Å². The van der Waals surface area contributed by atoms with Crippen molar-refractivity contribution in [2.75, 3.05) is 0 Å². The summed E-state index contributed by atoms with van der Waals surface area (Å²) in [5.74, 6) is 0.603. The van der Waals surface area contributed by atoms with E-state index in [2.05, 4.69) is 33.6 Å². The molecule has 4 rings (SSSR count). The van der Waals surface area contributed by atoms with Gasteiger partial charge < -0.3 is 0 Å². The lowest BCUT2D eigenvalue weighted by molar-refractivity contribution is 0.886. The van der Waals surface area contributed by atoms with Crippen molar-refractivity contribution in [3.8, 4) is 5.69 Å². The summed E-state index contributed by atoms with van der Waals surface area (Å²) in [5, 5.41) is 2.84. The summed E-state index contributed by atoms with van der Waals surface area (Å²) in [6, 6.07) is 9.82. The minimum atomic E-state index is -0.0263. The van der Waals surface area contributed by atoms with Crippen molar-refractivity contribution in [3.63, 3.8) is 0 Å². The van der Waals surface area contributed by atoms with E-state index in [9.17, 15) is 4.79 Å². The molecule has 0 atom stereocenters. The van der Waals surface area contributed by atoms with Gasteiger partial charge in [-0.05, 0) is 25.5 Å². The normalized spacial score (nSPS) is 11.3. The summed E-state index contributed by atoms with van der Waals surface area (Å²) in [5.41, 5.74) is 3.97. The number of hydrogen-bond acceptors (Lipinski definition) is 5. The second-order valence-electron chi connectivity index (χ2n) is 5.74. The second-order valence-corrected chi connectivity index (χ2v) is 7.51. The van der Waals surface area contributed by atoms with Crippen molar-refractivity contribution in [2.24, 2.45) is 0 Å². The van der Waals surface area contributed by atoms with E-state index in [4.69, 9.17) is 0 Å². The molecule has 0 N–H and O–H groups in total. The van der Waals surface area contributed by atoms with Crippen LogP contribution in [0.15, 0.2) is 58.1 Å². The van der Waals surface area contributed by atoms with E-state index < -0.39 is 0 Å². The van der Waals surface area contributed by atoms with Gasteiger partial charge in [0.2, 0.25) is 0 Å². The van der Waals surface area contributed by atoms with Crippen molar-refractivity contribution >= 4 is 28.1 Å². The minimum Gasteiger partial charge on any atom is -0.295 e. The van der Waals surface area contributed by atoms with Gasteiger partial charge in [-0.2, -0.15) is 0 Å². The van der Waals surface area contributed by atoms with E-state index in [1.165, 1.54) is 16.9 Å². The van der Waals surface area contributed by atoms with Crippen LogP contribution in [0.4, 0.5) is 0 Å². The van der Waals surface area contributed by atoms with Crippen LogP contribution in [0.1, 0.15) is 17.0 Å². The molecule has 0 bridgehead atoms. The average Bonchev–Trinajstić information content (AvgIpc) is 3.20. The fraction of sp³-hybridized carbons (Fsp3) is 0.167. The van der Waals surface area contributed by atoms with Crippen molar-refractivity contribution in [1.29, 1.82) is 0 Å². The first kappa shape index (κ1) is 16.1. The lowest BCUT2D eigenvalue weighted by atomic mass is 10.2. The number of para-hydroxylation sites is 1. The standard InChI is InChI=1S/C18H16N4OS2/c1-12-5-3-4-6-15(12)21-8-7-19-17(21)25-11-14-9-16(23)22-13(2)10-24-18(22)20-14/h3-10H,11H2,1-2H3. The smallest absolute Gasteiger partial charge is 0.258 e. The lowest BCUT2D eigenvalue weighted by Gasteiger charge is -2.10. The van der Waals surface area contributed by atoms with Gasteiger partial charge in [-0.3, -0.25) is 13.8 Å². The molecule has 0 amide bonds. The van der Waals surface area contributed by atoms with Gasteiger partial charge in [-0.1, -0.05) is 30.0 Å². The van der Waals surface area contributed by atoms with Crippen LogP contribution in [0.2, 0.25) is 0 Å². The minimum absolute atomic E-state index is 0.0263. The Morgan fingerprint density at radius 3 is 2.92 bits per heavy atom. The average molecular weight is 368 g/mol. The van der Waals surface area contributed by atoms with Crippen LogP contribution in [0.25, 0.3) is 10.6 Å². The Hall–Kier alpha value is -2.38. The maximum atomic E-state index is 12.3. The molecular weight excluding hydrogens is 352 g/mol. The number of aryl methyl sites for hydroxylation is 2. The molecule has 3 aromatic heterocycles. The van der Waals surface area contributed by atoms with Gasteiger partial charge in [0.15, 0.2) is 10.1 Å². The number of rotatable bonds is 4. The monoisotopic (exact) mass is 368 g/mol. The fourth-order valence-corrected chi connectivity index (χ4v) is 4.48. The van der Waals surface area contributed by atoms with Gasteiger partial charge in [0.1, 0.15) is 0 Å². The van der Waals surface area contributed by atoms with Crippen LogP contribution in [0.3, 0.4) is 0 Å². The van der Waals surface area contributed by atoms with Crippen molar-refractivity contribution in [3.05, 3.63) is 75.4 Å². The molecule has 0 aliphatic rings. The quantitative estimate of drug-likeness (QED) is 0.514. The number of imidazole rings is 1. The van der Waals surface area contributed by atoms with Crippen LogP contribution >= 0.6 is 23.1 Å². The Morgan fingerprint density at radius 2 is 2.08 bits per heavy atom. The highest BCUT2D eigenvalue weighted by molar-refractivity contribution is 7.98. The molecule has 4 aromatic rings. The third kappa shape index (κ3) is 3.01. The number of nitrogens with zero attached hydrogens (tertiary/aromatic N) is 4. The summed E-state index contributed by atoms with van der Waals surface area (Å²) in [7, 11) is 0. The highest BCUT2D eigenvalue weighted by Gasteiger charge is 2.10. The summed E-state index contributed by atoms with van der Waals surface area (Å²) < 4.78 is 3.72. The first-order chi connectivity index (χ1) is 12.1. The number of benzene rings is 1. The molecule has 5 nitrogen and oxygen atoms in total. The zero-order valence-electron chi connectivity index (χ0n) is 13.8. The van der Waals surface area contributed by atoms with E-state index in [0.717, 1.165) is 27.2 Å². The Bertz CT molecular complexity index is 1110. The fourth-order valence-electron chi connectivity index (χ4n) is 2.73. The Balaban J connectivity index is 1.62. The molecule has 0 saturated heterocycles. The molecule has 0 radical (unpaired) electrons. The van der Waals surface area contributed by atoms with E-state index in [-0.39, 0.29) is 5.56 Å². The third-order valence-electron chi connectivity index (χ3n) is 3.96. The summed E-state index contributed by atoms with van der Waals surface area (Å²) in [4.78, 5) is 22.1. The molecule has 0 spiro atoms. The van der Waals surface area contributed by atoms with Crippen LogP contribution in [-0.4, -0.2) is 18.9 Å². The van der Waals surface area contributed by atoms with Crippen LogP contribution in [0, 0.1) is 13.8 Å². The van der Waals surface area contributed by atoms with E-state index in [0.29, 0.717) is 5.75 Å². The first-order valence-electron chi connectivity index (χ1n) is 7.82.